The summed E-state index contributed by atoms with van der Waals surface area (Å²) in [6.07, 6.45) is 3.23. The highest BCUT2D eigenvalue weighted by Crippen LogP contribution is 2.28. The van der Waals surface area contributed by atoms with E-state index in [0.29, 0.717) is 28.2 Å². The first kappa shape index (κ1) is 21.7. The average Bonchev–Trinajstić information content (AvgIpc) is 3.53. The molecule has 0 unspecified atom stereocenters. The van der Waals surface area contributed by atoms with Crippen LogP contribution in [0.3, 0.4) is 0 Å². The zero-order valence-electron chi connectivity index (χ0n) is 18.2. The molecule has 11 heteroatoms. The first-order valence-corrected chi connectivity index (χ1v) is 10.7. The van der Waals surface area contributed by atoms with Gasteiger partial charge in [0.25, 0.3) is 0 Å². The lowest BCUT2D eigenvalue weighted by Gasteiger charge is -2.09. The lowest BCUT2D eigenvalue weighted by atomic mass is 10.1. The second kappa shape index (κ2) is 8.45. The highest BCUT2D eigenvalue weighted by Gasteiger charge is 2.21. The molecule has 0 aliphatic carbocycles. The molecule has 3 aromatic heterocycles. The second-order valence-electron chi connectivity index (χ2n) is 7.86. The van der Waals surface area contributed by atoms with Gasteiger partial charge in [0.2, 0.25) is 11.6 Å². The Morgan fingerprint density at radius 2 is 1.56 bits per heavy atom. The van der Waals surface area contributed by atoms with Gasteiger partial charge in [0.15, 0.2) is 34.5 Å². The summed E-state index contributed by atoms with van der Waals surface area (Å²) in [6, 6.07) is 16.4. The Kier molecular flexibility index (Phi) is 5.10. The van der Waals surface area contributed by atoms with Crippen LogP contribution in [-0.4, -0.2) is 29.4 Å². The normalized spacial score (nSPS) is 11.4. The quantitative estimate of drug-likeness (QED) is 0.243. The summed E-state index contributed by atoms with van der Waals surface area (Å²) < 4.78 is 62.6. The van der Waals surface area contributed by atoms with Crippen LogP contribution >= 0.6 is 0 Å². The zero-order chi connectivity index (χ0) is 24.8. The summed E-state index contributed by atoms with van der Waals surface area (Å²) in [5.41, 5.74) is 3.25. The van der Waals surface area contributed by atoms with Crippen LogP contribution in [0.25, 0.3) is 33.8 Å². The van der Waals surface area contributed by atoms with E-state index in [0.717, 1.165) is 11.1 Å². The van der Waals surface area contributed by atoms with E-state index < -0.39 is 29.0 Å². The second-order valence-corrected chi connectivity index (χ2v) is 7.86. The molecule has 0 fully saturated rings. The minimum absolute atomic E-state index is 0.129. The topological polar surface area (TPSA) is 70.1 Å². The third-order valence-corrected chi connectivity index (χ3v) is 5.57. The largest absolute Gasteiger partial charge is 0.483 e. The van der Waals surface area contributed by atoms with Gasteiger partial charge in [0.05, 0.1) is 17.3 Å². The van der Waals surface area contributed by atoms with Gasteiger partial charge in [-0.05, 0) is 17.7 Å². The van der Waals surface area contributed by atoms with Crippen molar-refractivity contribution in [2.45, 2.75) is 6.61 Å². The van der Waals surface area contributed by atoms with Gasteiger partial charge >= 0.3 is 0 Å². The molecule has 0 spiro atoms. The number of hydrogen-bond donors (Lipinski definition) is 0. The fourth-order valence-corrected chi connectivity index (χ4v) is 3.78. The van der Waals surface area contributed by atoms with Crippen molar-refractivity contribution in [2.24, 2.45) is 0 Å². The average molecular weight is 490 g/mol. The molecule has 0 radical (unpaired) electrons. The van der Waals surface area contributed by atoms with Crippen LogP contribution in [0.4, 0.5) is 17.6 Å². The number of fused-ring (bicyclic) bond motifs is 3. The molecule has 7 nitrogen and oxygen atoms in total. The molecule has 0 saturated heterocycles. The number of para-hydroxylation sites is 1. The van der Waals surface area contributed by atoms with Crippen molar-refractivity contribution < 1.29 is 22.3 Å². The van der Waals surface area contributed by atoms with E-state index in [2.05, 4.69) is 20.2 Å². The van der Waals surface area contributed by atoms with Gasteiger partial charge in [-0.1, -0.05) is 42.5 Å². The van der Waals surface area contributed by atoms with E-state index in [1.54, 1.807) is 46.0 Å². The van der Waals surface area contributed by atoms with Crippen LogP contribution in [0.5, 0.6) is 5.75 Å². The predicted octanol–water partition coefficient (Wildman–Crippen LogP) is 5.27. The lowest BCUT2D eigenvalue weighted by Crippen LogP contribution is -2.03. The zero-order valence-corrected chi connectivity index (χ0v) is 18.2. The first-order valence-electron chi connectivity index (χ1n) is 10.7. The van der Waals surface area contributed by atoms with Gasteiger partial charge in [-0.2, -0.15) is 13.9 Å². The molecule has 3 heterocycles. The van der Waals surface area contributed by atoms with Crippen molar-refractivity contribution >= 4 is 16.7 Å². The molecule has 0 aliphatic heterocycles. The highest BCUT2D eigenvalue weighted by molar-refractivity contribution is 5.89. The standard InChI is InChI=1S/C25H14F4N6O/c26-18-10-19(27)21(29)22(20(18)28)36-12-14-6-8-15(9-7-14)23-32-25-17-11-31-35(16-4-2-1-3-5-16)24(17)30-13-34(25)33-23/h1-11,13H,12H2. The number of ether oxygens (including phenoxy) is 1. The van der Waals surface area contributed by atoms with E-state index >= 15 is 0 Å². The van der Waals surface area contributed by atoms with Crippen LogP contribution in [0, 0.1) is 23.3 Å². The third-order valence-electron chi connectivity index (χ3n) is 5.57. The Bertz CT molecular complexity index is 1710. The van der Waals surface area contributed by atoms with E-state index in [1.165, 1.54) is 0 Å². The van der Waals surface area contributed by atoms with Crippen molar-refractivity contribution in [1.29, 1.82) is 0 Å². The Labute approximate surface area is 200 Å². The molecule has 36 heavy (non-hydrogen) atoms. The summed E-state index contributed by atoms with van der Waals surface area (Å²) in [7, 11) is 0. The van der Waals surface area contributed by atoms with Crippen molar-refractivity contribution in [3.05, 3.63) is 102 Å². The maximum atomic E-state index is 13.8. The first-order chi connectivity index (χ1) is 17.5. The molecule has 6 aromatic rings. The molecule has 0 bridgehead atoms. The number of hydrogen-bond acceptors (Lipinski definition) is 5. The van der Waals surface area contributed by atoms with Crippen molar-refractivity contribution in [1.82, 2.24) is 29.4 Å². The molecule has 6 rings (SSSR count). The van der Waals surface area contributed by atoms with Crippen LogP contribution in [0.1, 0.15) is 5.56 Å². The lowest BCUT2D eigenvalue weighted by molar-refractivity contribution is 0.261. The summed E-state index contributed by atoms with van der Waals surface area (Å²) >= 11 is 0. The van der Waals surface area contributed by atoms with E-state index in [9.17, 15) is 17.6 Å². The van der Waals surface area contributed by atoms with E-state index in [4.69, 9.17) is 4.74 Å². The van der Waals surface area contributed by atoms with Gasteiger partial charge in [-0.3, -0.25) is 0 Å². The molecule has 0 saturated carbocycles. The minimum Gasteiger partial charge on any atom is -0.483 e. The molecule has 0 aliphatic rings. The van der Waals surface area contributed by atoms with E-state index in [-0.39, 0.29) is 12.7 Å². The number of rotatable bonds is 5. The van der Waals surface area contributed by atoms with Gasteiger partial charge in [0, 0.05) is 11.6 Å². The Morgan fingerprint density at radius 3 is 2.28 bits per heavy atom. The molecule has 178 valence electrons. The van der Waals surface area contributed by atoms with Gasteiger partial charge in [-0.25, -0.2) is 27.9 Å². The van der Waals surface area contributed by atoms with Crippen LogP contribution in [-0.2, 0) is 6.61 Å². The Hall–Kier alpha value is -4.80. The number of halogens is 4. The summed E-state index contributed by atoms with van der Waals surface area (Å²) in [4.78, 5) is 9.10. The van der Waals surface area contributed by atoms with Gasteiger partial charge in [0.1, 0.15) is 12.9 Å². The smallest absolute Gasteiger partial charge is 0.203 e. The molecule has 0 amide bonds. The highest BCUT2D eigenvalue weighted by atomic mass is 19.2. The maximum absolute atomic E-state index is 13.8. The van der Waals surface area contributed by atoms with Crippen molar-refractivity contribution in [3.8, 4) is 22.8 Å². The molecular weight excluding hydrogens is 476 g/mol. The van der Waals surface area contributed by atoms with Crippen LogP contribution in [0.15, 0.2) is 73.2 Å². The fraction of sp³-hybridized carbons (Fsp3) is 0.0400. The molecule has 3 aromatic carbocycles. The SMILES string of the molecule is Fc1cc(F)c(F)c(OCc2ccc(-c3nc4c5cnn(-c6ccccc6)c5ncn4n3)cc2)c1F. The summed E-state index contributed by atoms with van der Waals surface area (Å²) in [6.45, 7) is -0.307. The van der Waals surface area contributed by atoms with Crippen LogP contribution < -0.4 is 4.74 Å². The van der Waals surface area contributed by atoms with Gasteiger partial charge in [-0.15, -0.1) is 5.10 Å². The van der Waals surface area contributed by atoms with Crippen LogP contribution in [0.2, 0.25) is 0 Å². The number of nitrogens with zero attached hydrogens (tertiary/aromatic N) is 6. The predicted molar refractivity (Wildman–Crippen MR) is 121 cm³/mol. The minimum atomic E-state index is -1.59. The van der Waals surface area contributed by atoms with Gasteiger partial charge < -0.3 is 4.74 Å². The number of benzene rings is 3. The number of aromatic nitrogens is 6. The summed E-state index contributed by atoms with van der Waals surface area (Å²) in [5.74, 6) is -6.92. The van der Waals surface area contributed by atoms with Crippen molar-refractivity contribution in [2.75, 3.05) is 0 Å². The molecule has 0 atom stereocenters. The monoisotopic (exact) mass is 490 g/mol. The maximum Gasteiger partial charge on any atom is 0.203 e. The Morgan fingerprint density at radius 1 is 0.833 bits per heavy atom. The third kappa shape index (κ3) is 3.61. The van der Waals surface area contributed by atoms with E-state index in [1.807, 2.05) is 30.3 Å². The Balaban J connectivity index is 1.27. The fourth-order valence-electron chi connectivity index (χ4n) is 3.78. The molecular formula is C25H14F4N6O. The van der Waals surface area contributed by atoms with Crippen molar-refractivity contribution in [3.63, 3.8) is 0 Å². The summed E-state index contributed by atoms with van der Waals surface area (Å²) in [5, 5.41) is 9.63. The molecule has 0 N–H and O–H groups in total.